The lowest BCUT2D eigenvalue weighted by Crippen LogP contribution is -2.30. The van der Waals surface area contributed by atoms with Gasteiger partial charge in [-0.2, -0.15) is 4.98 Å². The van der Waals surface area contributed by atoms with E-state index in [9.17, 15) is 8.42 Å². The van der Waals surface area contributed by atoms with Crippen LogP contribution < -0.4 is 10.6 Å². The first-order valence-corrected chi connectivity index (χ1v) is 10.2. The van der Waals surface area contributed by atoms with E-state index in [4.69, 9.17) is 4.52 Å². The number of hydrogen-bond donors (Lipinski definition) is 2. The Hall–Kier alpha value is -2.07. The van der Waals surface area contributed by atoms with Gasteiger partial charge in [0.2, 0.25) is 11.8 Å². The molecule has 0 bridgehead atoms. The maximum absolute atomic E-state index is 12.1. The van der Waals surface area contributed by atoms with Gasteiger partial charge in [-0.15, -0.1) is 0 Å². The van der Waals surface area contributed by atoms with E-state index in [1.807, 2.05) is 6.92 Å². The monoisotopic (exact) mass is 366 g/mol. The number of piperidine rings is 1. The van der Waals surface area contributed by atoms with Crippen molar-refractivity contribution in [3.8, 4) is 0 Å². The summed E-state index contributed by atoms with van der Waals surface area (Å²) < 4.78 is 29.2. The molecule has 10 heteroatoms. The van der Waals surface area contributed by atoms with Gasteiger partial charge in [0.1, 0.15) is 4.90 Å². The average molecular weight is 366 g/mol. The van der Waals surface area contributed by atoms with Crippen LogP contribution in [0, 0.1) is 0 Å². The maximum Gasteiger partial charge on any atom is 0.226 e. The standard InChI is InChI=1S/C15H22N6O3S/c1-3-13-19-12(21-24-13)9-18-15-17-8-11(25(2,22)23)14(20-15)10-5-4-6-16-7-10/h8,10,16H,3-7,9H2,1-2H3,(H,17,18,20)/t10-/m0/s1. The third-order valence-corrected chi connectivity index (χ3v) is 5.20. The van der Waals surface area contributed by atoms with Gasteiger partial charge in [-0.3, -0.25) is 0 Å². The molecular formula is C15H22N6O3S. The fourth-order valence-corrected chi connectivity index (χ4v) is 3.63. The van der Waals surface area contributed by atoms with Gasteiger partial charge in [-0.25, -0.2) is 18.4 Å². The highest BCUT2D eigenvalue weighted by atomic mass is 32.2. The quantitative estimate of drug-likeness (QED) is 0.767. The lowest BCUT2D eigenvalue weighted by molar-refractivity contribution is 0.377. The molecular weight excluding hydrogens is 344 g/mol. The molecule has 2 N–H and O–H groups in total. The minimum atomic E-state index is -3.39. The Balaban J connectivity index is 1.82. The molecule has 0 unspecified atom stereocenters. The van der Waals surface area contributed by atoms with Gasteiger partial charge >= 0.3 is 0 Å². The Kier molecular flexibility index (Phi) is 5.28. The van der Waals surface area contributed by atoms with Crippen molar-refractivity contribution < 1.29 is 12.9 Å². The van der Waals surface area contributed by atoms with E-state index in [0.29, 0.717) is 42.9 Å². The fourth-order valence-electron chi connectivity index (χ4n) is 2.80. The number of anilines is 1. The van der Waals surface area contributed by atoms with E-state index in [2.05, 4.69) is 30.7 Å². The van der Waals surface area contributed by atoms with E-state index < -0.39 is 9.84 Å². The van der Waals surface area contributed by atoms with Crippen LogP contribution in [0.4, 0.5) is 5.95 Å². The second kappa shape index (κ2) is 7.44. The van der Waals surface area contributed by atoms with Gasteiger partial charge in [0, 0.05) is 25.1 Å². The van der Waals surface area contributed by atoms with Crippen LogP contribution in [-0.4, -0.2) is 47.9 Å². The Bertz CT molecular complexity index is 830. The predicted octanol–water partition coefficient (Wildman–Crippen LogP) is 0.905. The zero-order chi connectivity index (χ0) is 17.9. The van der Waals surface area contributed by atoms with Crippen LogP contribution in [0.1, 0.15) is 43.1 Å². The molecule has 1 fully saturated rings. The van der Waals surface area contributed by atoms with Crippen molar-refractivity contribution in [1.82, 2.24) is 25.4 Å². The maximum atomic E-state index is 12.1. The highest BCUT2D eigenvalue weighted by molar-refractivity contribution is 7.90. The fraction of sp³-hybridized carbons (Fsp3) is 0.600. The van der Waals surface area contributed by atoms with E-state index in [1.54, 1.807) is 0 Å². The Morgan fingerprint density at radius 3 is 2.88 bits per heavy atom. The summed E-state index contributed by atoms with van der Waals surface area (Å²) in [7, 11) is -3.39. The van der Waals surface area contributed by atoms with E-state index in [1.165, 1.54) is 12.5 Å². The molecule has 0 amide bonds. The molecule has 0 spiro atoms. The van der Waals surface area contributed by atoms with Crippen molar-refractivity contribution >= 4 is 15.8 Å². The Labute approximate surface area is 146 Å². The molecule has 1 saturated heterocycles. The zero-order valence-electron chi connectivity index (χ0n) is 14.3. The molecule has 1 aliphatic heterocycles. The van der Waals surface area contributed by atoms with Crippen molar-refractivity contribution in [2.45, 2.75) is 43.5 Å². The summed E-state index contributed by atoms with van der Waals surface area (Å²) in [6.45, 7) is 3.90. The molecule has 0 saturated carbocycles. The van der Waals surface area contributed by atoms with Gasteiger partial charge < -0.3 is 15.2 Å². The number of rotatable bonds is 6. The van der Waals surface area contributed by atoms with Crippen molar-refractivity contribution in [3.63, 3.8) is 0 Å². The number of hydrogen-bond acceptors (Lipinski definition) is 9. The largest absolute Gasteiger partial charge is 0.347 e. The minimum Gasteiger partial charge on any atom is -0.347 e. The lowest BCUT2D eigenvalue weighted by Gasteiger charge is -2.24. The average Bonchev–Trinajstić information content (AvgIpc) is 3.08. The number of nitrogens with zero attached hydrogens (tertiary/aromatic N) is 4. The number of nitrogens with one attached hydrogen (secondary N) is 2. The van der Waals surface area contributed by atoms with Crippen molar-refractivity contribution in [2.24, 2.45) is 0 Å². The van der Waals surface area contributed by atoms with Crippen LogP contribution in [0.2, 0.25) is 0 Å². The molecule has 25 heavy (non-hydrogen) atoms. The molecule has 1 aliphatic rings. The molecule has 2 aromatic rings. The highest BCUT2D eigenvalue weighted by Crippen LogP contribution is 2.27. The second-order valence-electron chi connectivity index (χ2n) is 6.07. The minimum absolute atomic E-state index is 0.0545. The normalized spacial score (nSPS) is 18.2. The Morgan fingerprint density at radius 2 is 2.24 bits per heavy atom. The molecule has 0 radical (unpaired) electrons. The molecule has 0 aromatic carbocycles. The SMILES string of the molecule is CCc1nc(CNc2ncc(S(C)(=O)=O)c([C@H]3CCCNC3)n2)no1. The summed E-state index contributed by atoms with van der Waals surface area (Å²) in [4.78, 5) is 13.0. The van der Waals surface area contributed by atoms with Gasteiger partial charge in [-0.1, -0.05) is 12.1 Å². The number of sulfone groups is 1. The van der Waals surface area contributed by atoms with Gasteiger partial charge in [0.15, 0.2) is 15.7 Å². The smallest absolute Gasteiger partial charge is 0.226 e. The first-order valence-electron chi connectivity index (χ1n) is 8.30. The summed E-state index contributed by atoms with van der Waals surface area (Å²) in [5.41, 5.74) is 0.564. The first-order chi connectivity index (χ1) is 12.0. The van der Waals surface area contributed by atoms with Crippen LogP contribution in [0.5, 0.6) is 0 Å². The summed E-state index contributed by atoms with van der Waals surface area (Å²) in [6.07, 6.45) is 5.12. The third-order valence-electron chi connectivity index (χ3n) is 4.08. The summed E-state index contributed by atoms with van der Waals surface area (Å²) in [5.74, 6) is 1.49. The third kappa shape index (κ3) is 4.31. The van der Waals surface area contributed by atoms with E-state index >= 15 is 0 Å². The summed E-state index contributed by atoms with van der Waals surface area (Å²) in [5, 5.41) is 10.2. The second-order valence-corrected chi connectivity index (χ2v) is 8.05. The molecule has 3 heterocycles. The lowest BCUT2D eigenvalue weighted by atomic mass is 9.96. The highest BCUT2D eigenvalue weighted by Gasteiger charge is 2.25. The molecule has 0 aliphatic carbocycles. The first kappa shape index (κ1) is 17.7. The van der Waals surface area contributed by atoms with Gasteiger partial charge in [-0.05, 0) is 19.4 Å². The van der Waals surface area contributed by atoms with Crippen molar-refractivity contribution in [3.05, 3.63) is 23.6 Å². The van der Waals surface area contributed by atoms with Crippen LogP contribution in [0.15, 0.2) is 15.6 Å². The summed E-state index contributed by atoms with van der Waals surface area (Å²) in [6, 6.07) is 0. The molecule has 1 atom stereocenters. The molecule has 136 valence electrons. The van der Waals surface area contributed by atoms with Gasteiger partial charge in [0.25, 0.3) is 0 Å². The van der Waals surface area contributed by atoms with E-state index in [0.717, 1.165) is 19.4 Å². The zero-order valence-corrected chi connectivity index (χ0v) is 15.1. The molecule has 2 aromatic heterocycles. The number of aryl methyl sites for hydroxylation is 1. The summed E-state index contributed by atoms with van der Waals surface area (Å²) >= 11 is 0. The predicted molar refractivity (Wildman–Crippen MR) is 91.0 cm³/mol. The topological polar surface area (TPSA) is 123 Å². The molecule has 3 rings (SSSR count). The van der Waals surface area contributed by atoms with Gasteiger partial charge in [0.05, 0.1) is 18.4 Å². The van der Waals surface area contributed by atoms with Crippen LogP contribution in [0.25, 0.3) is 0 Å². The van der Waals surface area contributed by atoms with Crippen LogP contribution >= 0.6 is 0 Å². The van der Waals surface area contributed by atoms with Crippen LogP contribution in [0.3, 0.4) is 0 Å². The Morgan fingerprint density at radius 1 is 1.40 bits per heavy atom. The molecule has 9 nitrogen and oxygen atoms in total. The van der Waals surface area contributed by atoms with Crippen molar-refractivity contribution in [2.75, 3.05) is 24.7 Å². The van der Waals surface area contributed by atoms with Crippen LogP contribution in [-0.2, 0) is 22.8 Å². The number of aromatic nitrogens is 4. The van der Waals surface area contributed by atoms with Crippen molar-refractivity contribution in [1.29, 1.82) is 0 Å². The van der Waals surface area contributed by atoms with E-state index in [-0.39, 0.29) is 10.8 Å².